The number of rotatable bonds is 8. The van der Waals surface area contributed by atoms with Crippen molar-refractivity contribution in [2.45, 2.75) is 30.3 Å². The highest BCUT2D eigenvalue weighted by molar-refractivity contribution is 7.89. The number of nitrogens with one attached hydrogen (secondary N) is 2. The van der Waals surface area contributed by atoms with Gasteiger partial charge in [-0.2, -0.15) is 0 Å². The summed E-state index contributed by atoms with van der Waals surface area (Å²) in [6.45, 7) is 5.48. The summed E-state index contributed by atoms with van der Waals surface area (Å²) < 4.78 is 53.3. The molecule has 31 heavy (non-hydrogen) atoms. The molecule has 0 saturated carbocycles. The molecule has 1 heterocycles. The van der Waals surface area contributed by atoms with Crippen LogP contribution in [0.15, 0.2) is 60.0 Å². The Morgan fingerprint density at radius 1 is 1.13 bits per heavy atom. The molecule has 1 fully saturated rings. The largest absolute Gasteiger partial charge is 0.349 e. The van der Waals surface area contributed by atoms with Crippen molar-refractivity contribution < 1.29 is 22.0 Å². The van der Waals surface area contributed by atoms with E-state index < -0.39 is 21.7 Å². The number of likely N-dealkylation sites (tertiary alicyclic amines) is 1. The van der Waals surface area contributed by atoms with E-state index in [1.54, 1.807) is 12.1 Å². The molecule has 1 aliphatic rings. The van der Waals surface area contributed by atoms with Gasteiger partial charge in [-0.3, -0.25) is 9.69 Å². The number of carbonyl (C=O) groups excluding carboxylic acids is 1. The number of nitrogens with zero attached hydrogens (tertiary/aromatic N) is 1. The minimum absolute atomic E-state index is 0.0170. The van der Waals surface area contributed by atoms with E-state index in [1.807, 2.05) is 0 Å². The van der Waals surface area contributed by atoms with Gasteiger partial charge in [-0.15, -0.1) is 6.58 Å². The molecule has 1 amide bonds. The van der Waals surface area contributed by atoms with Crippen molar-refractivity contribution in [1.29, 1.82) is 0 Å². The molecule has 0 aliphatic carbocycles. The van der Waals surface area contributed by atoms with Gasteiger partial charge in [0.2, 0.25) is 10.0 Å². The van der Waals surface area contributed by atoms with Gasteiger partial charge in [-0.05, 0) is 48.7 Å². The van der Waals surface area contributed by atoms with Crippen LogP contribution in [0.4, 0.5) is 8.78 Å². The number of hydrogen-bond donors (Lipinski definition) is 2. The molecule has 0 atom stereocenters. The van der Waals surface area contributed by atoms with Gasteiger partial charge in [0.1, 0.15) is 0 Å². The number of carbonyl (C=O) groups is 1. The summed E-state index contributed by atoms with van der Waals surface area (Å²) >= 11 is 0. The molecule has 2 aromatic rings. The highest BCUT2D eigenvalue weighted by atomic mass is 32.2. The van der Waals surface area contributed by atoms with Crippen molar-refractivity contribution in [3.63, 3.8) is 0 Å². The highest BCUT2D eigenvalue weighted by Gasteiger charge is 2.22. The summed E-state index contributed by atoms with van der Waals surface area (Å²) in [5.74, 6) is -2.05. The maximum absolute atomic E-state index is 13.4. The van der Waals surface area contributed by atoms with Crippen molar-refractivity contribution >= 4 is 15.9 Å². The Hall–Kier alpha value is -2.62. The average Bonchev–Trinajstić information content (AvgIpc) is 2.76. The number of amides is 1. The predicted octanol–water partition coefficient (Wildman–Crippen LogP) is 2.82. The molecule has 2 aromatic carbocycles. The molecule has 1 saturated heterocycles. The standard InChI is InChI=1S/C22H25F2N3O3S/c1-2-10-25-31(29,30)19-5-3-4-17(14-19)22(28)26-18-8-11-27(12-9-18)15-16-6-7-20(23)21(24)13-16/h2-7,13-14,18,25H,1,8-12,15H2,(H,26,28). The zero-order valence-corrected chi connectivity index (χ0v) is 17.8. The molecular weight excluding hydrogens is 424 g/mol. The van der Waals surface area contributed by atoms with Crippen LogP contribution in [0.1, 0.15) is 28.8 Å². The Morgan fingerprint density at radius 3 is 2.55 bits per heavy atom. The maximum atomic E-state index is 13.4. The topological polar surface area (TPSA) is 78.5 Å². The van der Waals surface area contributed by atoms with Crippen molar-refractivity contribution in [2.75, 3.05) is 19.6 Å². The van der Waals surface area contributed by atoms with E-state index in [9.17, 15) is 22.0 Å². The second-order valence-electron chi connectivity index (χ2n) is 7.44. The Labute approximate surface area is 181 Å². The van der Waals surface area contributed by atoms with E-state index in [2.05, 4.69) is 21.5 Å². The lowest BCUT2D eigenvalue weighted by Crippen LogP contribution is -2.44. The first kappa shape index (κ1) is 23.1. The number of halogens is 2. The molecule has 2 N–H and O–H groups in total. The van der Waals surface area contributed by atoms with E-state index in [1.165, 1.54) is 30.3 Å². The summed E-state index contributed by atoms with van der Waals surface area (Å²) in [6, 6.07) is 9.72. The molecule has 0 unspecified atom stereocenters. The van der Waals surface area contributed by atoms with Crippen LogP contribution in [0.2, 0.25) is 0 Å². The van der Waals surface area contributed by atoms with Crippen LogP contribution < -0.4 is 10.0 Å². The lowest BCUT2D eigenvalue weighted by Gasteiger charge is -2.32. The molecule has 3 rings (SSSR count). The molecule has 1 aliphatic heterocycles. The monoisotopic (exact) mass is 449 g/mol. The minimum atomic E-state index is -3.71. The third-order valence-electron chi connectivity index (χ3n) is 5.14. The quantitative estimate of drug-likeness (QED) is 0.608. The van der Waals surface area contributed by atoms with Crippen LogP contribution in [0.5, 0.6) is 0 Å². The normalized spacial score (nSPS) is 15.5. The van der Waals surface area contributed by atoms with Gasteiger partial charge in [0, 0.05) is 37.8 Å². The summed E-state index contributed by atoms with van der Waals surface area (Å²) in [5, 5.41) is 2.95. The molecular formula is C22H25F2N3O3S. The second kappa shape index (κ2) is 10.1. The summed E-state index contributed by atoms with van der Waals surface area (Å²) in [6.07, 6.45) is 2.84. The molecule has 0 bridgehead atoms. The van der Waals surface area contributed by atoms with Crippen LogP contribution in [-0.4, -0.2) is 44.9 Å². The number of sulfonamides is 1. The van der Waals surface area contributed by atoms with Gasteiger partial charge >= 0.3 is 0 Å². The Balaban J connectivity index is 1.54. The van der Waals surface area contributed by atoms with Crippen molar-refractivity contribution in [3.8, 4) is 0 Å². The van der Waals surface area contributed by atoms with Gasteiger partial charge in [0.05, 0.1) is 4.90 Å². The zero-order valence-electron chi connectivity index (χ0n) is 17.0. The lowest BCUT2D eigenvalue weighted by atomic mass is 10.0. The Morgan fingerprint density at radius 2 is 1.87 bits per heavy atom. The average molecular weight is 450 g/mol. The number of hydrogen-bond acceptors (Lipinski definition) is 4. The van der Waals surface area contributed by atoms with Gasteiger partial charge in [0.15, 0.2) is 11.6 Å². The van der Waals surface area contributed by atoms with E-state index in [4.69, 9.17) is 0 Å². The zero-order chi connectivity index (χ0) is 22.4. The van der Waals surface area contributed by atoms with E-state index in [-0.39, 0.29) is 29.0 Å². The van der Waals surface area contributed by atoms with Crippen LogP contribution in [0.25, 0.3) is 0 Å². The minimum Gasteiger partial charge on any atom is -0.349 e. The first-order valence-electron chi connectivity index (χ1n) is 9.96. The fraction of sp³-hybridized carbons (Fsp3) is 0.318. The van der Waals surface area contributed by atoms with Crippen molar-refractivity contribution in [1.82, 2.24) is 14.9 Å². The third kappa shape index (κ3) is 6.19. The lowest BCUT2D eigenvalue weighted by molar-refractivity contribution is 0.0908. The fourth-order valence-electron chi connectivity index (χ4n) is 3.46. The highest BCUT2D eigenvalue weighted by Crippen LogP contribution is 2.17. The smallest absolute Gasteiger partial charge is 0.251 e. The van der Waals surface area contributed by atoms with Gasteiger partial charge in [-0.25, -0.2) is 21.9 Å². The van der Waals surface area contributed by atoms with Crippen LogP contribution in [0, 0.1) is 11.6 Å². The first-order chi connectivity index (χ1) is 14.8. The van der Waals surface area contributed by atoms with E-state index in [0.29, 0.717) is 38.0 Å². The van der Waals surface area contributed by atoms with E-state index in [0.717, 1.165) is 6.07 Å². The molecule has 0 aromatic heterocycles. The van der Waals surface area contributed by atoms with Gasteiger partial charge < -0.3 is 5.32 Å². The Bertz CT molecular complexity index is 1050. The van der Waals surface area contributed by atoms with Gasteiger partial charge in [-0.1, -0.05) is 18.2 Å². The molecule has 9 heteroatoms. The maximum Gasteiger partial charge on any atom is 0.251 e. The molecule has 166 valence electrons. The second-order valence-corrected chi connectivity index (χ2v) is 9.21. The molecule has 0 spiro atoms. The van der Waals surface area contributed by atoms with Gasteiger partial charge in [0.25, 0.3) is 5.91 Å². The third-order valence-corrected chi connectivity index (χ3v) is 6.56. The van der Waals surface area contributed by atoms with Crippen LogP contribution in [-0.2, 0) is 16.6 Å². The molecule has 0 radical (unpaired) electrons. The predicted molar refractivity (Wildman–Crippen MR) is 114 cm³/mol. The first-order valence-corrected chi connectivity index (χ1v) is 11.4. The number of benzene rings is 2. The Kier molecular flexibility index (Phi) is 7.53. The van der Waals surface area contributed by atoms with Crippen molar-refractivity contribution in [2.24, 2.45) is 0 Å². The molecule has 6 nitrogen and oxygen atoms in total. The number of piperidine rings is 1. The summed E-state index contributed by atoms with van der Waals surface area (Å²) in [4.78, 5) is 14.8. The summed E-state index contributed by atoms with van der Waals surface area (Å²) in [7, 11) is -3.71. The van der Waals surface area contributed by atoms with E-state index >= 15 is 0 Å². The summed E-state index contributed by atoms with van der Waals surface area (Å²) in [5.41, 5.74) is 0.968. The SMILES string of the molecule is C=CCNS(=O)(=O)c1cccc(C(=O)NC2CCN(Cc3ccc(F)c(F)c3)CC2)c1. The van der Waals surface area contributed by atoms with Crippen LogP contribution >= 0.6 is 0 Å². The van der Waals surface area contributed by atoms with Crippen LogP contribution in [0.3, 0.4) is 0 Å². The van der Waals surface area contributed by atoms with Crippen molar-refractivity contribution in [3.05, 3.63) is 77.9 Å². The fourth-order valence-corrected chi connectivity index (χ4v) is 4.50.